The summed E-state index contributed by atoms with van der Waals surface area (Å²) in [6.07, 6.45) is 5.66. The Balaban J connectivity index is 1.34. The highest BCUT2D eigenvalue weighted by molar-refractivity contribution is 5.75. The zero-order valence-corrected chi connectivity index (χ0v) is 16.3. The molecule has 146 valence electrons. The van der Waals surface area contributed by atoms with Crippen LogP contribution in [0.15, 0.2) is 67.0 Å². The van der Waals surface area contributed by atoms with Crippen LogP contribution in [-0.2, 0) is 17.8 Å². The third-order valence-electron chi connectivity index (χ3n) is 4.57. The number of rotatable bonds is 10. The second kappa shape index (κ2) is 10.3. The largest absolute Gasteiger partial charge is 0.493 e. The van der Waals surface area contributed by atoms with Gasteiger partial charge in [-0.2, -0.15) is 0 Å². The van der Waals surface area contributed by atoms with E-state index < -0.39 is 0 Å². The number of amides is 1. The summed E-state index contributed by atoms with van der Waals surface area (Å²) in [4.78, 5) is 16.4. The van der Waals surface area contributed by atoms with Gasteiger partial charge in [-0.05, 0) is 30.5 Å². The fraction of sp³-hybridized carbons (Fsp3) is 0.304. The van der Waals surface area contributed by atoms with Gasteiger partial charge in [-0.25, -0.2) is 4.98 Å². The van der Waals surface area contributed by atoms with Gasteiger partial charge in [0, 0.05) is 38.3 Å². The van der Waals surface area contributed by atoms with Gasteiger partial charge in [-0.3, -0.25) is 4.79 Å². The first-order valence-corrected chi connectivity index (χ1v) is 9.71. The Kier molecular flexibility index (Phi) is 7.24. The Hall–Kier alpha value is -3.08. The number of ether oxygens (including phenoxy) is 1. The van der Waals surface area contributed by atoms with E-state index in [-0.39, 0.29) is 5.91 Å². The van der Waals surface area contributed by atoms with Crippen molar-refractivity contribution in [2.75, 3.05) is 13.2 Å². The molecule has 0 fully saturated rings. The molecular weight excluding hydrogens is 350 g/mol. The van der Waals surface area contributed by atoms with Crippen molar-refractivity contribution < 1.29 is 9.53 Å². The predicted molar refractivity (Wildman–Crippen MR) is 110 cm³/mol. The lowest BCUT2D eigenvalue weighted by Crippen LogP contribution is -2.26. The fourth-order valence-electron chi connectivity index (χ4n) is 3.03. The summed E-state index contributed by atoms with van der Waals surface area (Å²) < 4.78 is 7.85. The summed E-state index contributed by atoms with van der Waals surface area (Å²) in [6, 6.07) is 18.2. The monoisotopic (exact) mass is 377 g/mol. The number of aromatic nitrogens is 2. The molecule has 1 N–H and O–H groups in total. The maximum absolute atomic E-state index is 12.0. The van der Waals surface area contributed by atoms with E-state index in [1.54, 1.807) is 0 Å². The molecule has 0 aliphatic rings. The lowest BCUT2D eigenvalue weighted by Gasteiger charge is -2.10. The molecule has 1 aromatic heterocycles. The average Bonchev–Trinajstić information content (AvgIpc) is 3.14. The van der Waals surface area contributed by atoms with Crippen LogP contribution < -0.4 is 10.1 Å². The molecule has 1 amide bonds. The van der Waals surface area contributed by atoms with Gasteiger partial charge in [-0.15, -0.1) is 0 Å². The van der Waals surface area contributed by atoms with Crippen molar-refractivity contribution >= 4 is 5.91 Å². The Morgan fingerprint density at radius 2 is 1.89 bits per heavy atom. The second-order valence-corrected chi connectivity index (χ2v) is 6.77. The highest BCUT2D eigenvalue weighted by atomic mass is 16.5. The molecule has 0 saturated heterocycles. The van der Waals surface area contributed by atoms with Crippen molar-refractivity contribution in [3.05, 3.63) is 83.9 Å². The maximum Gasteiger partial charge on any atom is 0.220 e. The number of nitrogens with zero attached hydrogens (tertiary/aromatic N) is 2. The summed E-state index contributed by atoms with van der Waals surface area (Å²) in [5, 5.41) is 2.97. The van der Waals surface area contributed by atoms with E-state index in [0.29, 0.717) is 32.4 Å². The Bertz CT molecular complexity index is 874. The molecule has 0 saturated carbocycles. The van der Waals surface area contributed by atoms with Gasteiger partial charge in [0.1, 0.15) is 11.6 Å². The maximum atomic E-state index is 12.0. The van der Waals surface area contributed by atoms with Gasteiger partial charge in [0.15, 0.2) is 0 Å². The SMILES string of the molecule is Cc1ccccc1OCCCC(=O)NCCc1nccn1Cc1ccccc1. The second-order valence-electron chi connectivity index (χ2n) is 6.77. The van der Waals surface area contributed by atoms with E-state index in [9.17, 15) is 4.79 Å². The van der Waals surface area contributed by atoms with E-state index >= 15 is 0 Å². The molecule has 0 aliphatic heterocycles. The lowest BCUT2D eigenvalue weighted by molar-refractivity contribution is -0.121. The molecule has 1 heterocycles. The quantitative estimate of drug-likeness (QED) is 0.548. The Labute approximate surface area is 166 Å². The van der Waals surface area contributed by atoms with Gasteiger partial charge < -0.3 is 14.6 Å². The minimum absolute atomic E-state index is 0.0505. The first-order valence-electron chi connectivity index (χ1n) is 9.71. The molecule has 0 spiro atoms. The topological polar surface area (TPSA) is 56.1 Å². The molecule has 3 aromatic rings. The summed E-state index contributed by atoms with van der Waals surface area (Å²) >= 11 is 0. The number of carbonyl (C=O) groups is 1. The highest BCUT2D eigenvalue weighted by Crippen LogP contribution is 2.16. The zero-order chi connectivity index (χ0) is 19.6. The van der Waals surface area contributed by atoms with Crippen molar-refractivity contribution in [1.82, 2.24) is 14.9 Å². The van der Waals surface area contributed by atoms with Crippen LogP contribution in [0.25, 0.3) is 0 Å². The van der Waals surface area contributed by atoms with E-state index in [1.165, 1.54) is 5.56 Å². The third-order valence-corrected chi connectivity index (χ3v) is 4.57. The van der Waals surface area contributed by atoms with Crippen LogP contribution in [0.3, 0.4) is 0 Å². The molecule has 0 aliphatic carbocycles. The van der Waals surface area contributed by atoms with Gasteiger partial charge >= 0.3 is 0 Å². The third kappa shape index (κ3) is 5.98. The van der Waals surface area contributed by atoms with Gasteiger partial charge in [0.2, 0.25) is 5.91 Å². The number of benzene rings is 2. The summed E-state index contributed by atoms with van der Waals surface area (Å²) in [5.74, 6) is 1.91. The Morgan fingerprint density at radius 3 is 2.71 bits per heavy atom. The van der Waals surface area contributed by atoms with Crippen molar-refractivity contribution in [2.45, 2.75) is 32.7 Å². The standard InChI is InChI=1S/C23H27N3O2/c1-19-8-5-6-11-21(19)28-17-7-12-23(27)25-14-13-22-24-15-16-26(22)18-20-9-3-2-4-10-20/h2-6,8-11,15-16H,7,12-14,17-18H2,1H3,(H,25,27). The van der Waals surface area contributed by atoms with Gasteiger partial charge in [0.05, 0.1) is 6.61 Å². The smallest absolute Gasteiger partial charge is 0.220 e. The number of nitrogens with one attached hydrogen (secondary N) is 1. The van der Waals surface area contributed by atoms with Gasteiger partial charge in [-0.1, -0.05) is 48.5 Å². The molecule has 5 nitrogen and oxygen atoms in total. The van der Waals surface area contributed by atoms with Crippen LogP contribution in [-0.4, -0.2) is 28.6 Å². The van der Waals surface area contributed by atoms with Crippen LogP contribution in [0.4, 0.5) is 0 Å². The predicted octanol–water partition coefficient (Wildman–Crippen LogP) is 3.76. The van der Waals surface area contributed by atoms with E-state index in [1.807, 2.05) is 61.8 Å². The average molecular weight is 377 g/mol. The first-order chi connectivity index (χ1) is 13.7. The summed E-state index contributed by atoms with van der Waals surface area (Å²) in [5.41, 5.74) is 2.34. The Morgan fingerprint density at radius 1 is 1.11 bits per heavy atom. The molecule has 28 heavy (non-hydrogen) atoms. The van der Waals surface area contributed by atoms with Gasteiger partial charge in [0.25, 0.3) is 0 Å². The number of carbonyl (C=O) groups excluding carboxylic acids is 1. The zero-order valence-electron chi connectivity index (χ0n) is 16.3. The molecule has 2 aromatic carbocycles. The van der Waals surface area contributed by atoms with Crippen molar-refractivity contribution in [3.8, 4) is 5.75 Å². The van der Waals surface area contributed by atoms with Crippen molar-refractivity contribution in [1.29, 1.82) is 0 Å². The van der Waals surface area contributed by atoms with Crippen molar-refractivity contribution in [2.24, 2.45) is 0 Å². The van der Waals surface area contributed by atoms with Crippen LogP contribution in [0.1, 0.15) is 29.8 Å². The number of para-hydroxylation sites is 1. The van der Waals surface area contributed by atoms with Crippen LogP contribution in [0.5, 0.6) is 5.75 Å². The molecule has 0 bridgehead atoms. The van der Waals surface area contributed by atoms with Crippen LogP contribution in [0, 0.1) is 6.92 Å². The minimum Gasteiger partial charge on any atom is -0.493 e. The van der Waals surface area contributed by atoms with E-state index in [4.69, 9.17) is 4.74 Å². The molecule has 0 radical (unpaired) electrons. The van der Waals surface area contributed by atoms with E-state index in [0.717, 1.165) is 23.7 Å². The number of hydrogen-bond donors (Lipinski definition) is 1. The summed E-state index contributed by atoms with van der Waals surface area (Å²) in [7, 11) is 0. The first kappa shape index (κ1) is 19.7. The molecule has 0 unspecified atom stereocenters. The number of hydrogen-bond acceptors (Lipinski definition) is 3. The highest BCUT2D eigenvalue weighted by Gasteiger charge is 2.06. The fourth-order valence-corrected chi connectivity index (χ4v) is 3.03. The molecular formula is C23H27N3O2. The number of aryl methyl sites for hydroxylation is 1. The van der Waals surface area contributed by atoms with Crippen LogP contribution >= 0.6 is 0 Å². The summed E-state index contributed by atoms with van der Waals surface area (Å²) in [6.45, 7) is 3.94. The number of imidazole rings is 1. The normalized spacial score (nSPS) is 10.6. The molecule has 0 atom stereocenters. The molecule has 5 heteroatoms. The molecule has 3 rings (SSSR count). The minimum atomic E-state index is 0.0505. The van der Waals surface area contributed by atoms with Crippen molar-refractivity contribution in [3.63, 3.8) is 0 Å². The van der Waals surface area contributed by atoms with E-state index in [2.05, 4.69) is 27.0 Å². The van der Waals surface area contributed by atoms with Crippen LogP contribution in [0.2, 0.25) is 0 Å². The lowest BCUT2D eigenvalue weighted by atomic mass is 10.2.